The van der Waals surface area contributed by atoms with Gasteiger partial charge in [0.15, 0.2) is 0 Å². The number of hydrogen-bond acceptors (Lipinski definition) is 6. The number of para-hydroxylation sites is 1. The normalized spacial score (nSPS) is 11.2. The van der Waals surface area contributed by atoms with Gasteiger partial charge in [-0.25, -0.2) is 4.57 Å². The van der Waals surface area contributed by atoms with Gasteiger partial charge in [0.1, 0.15) is 0 Å². The highest BCUT2D eigenvalue weighted by Crippen LogP contribution is 2.49. The summed E-state index contributed by atoms with van der Waals surface area (Å²) < 4.78 is 27.4. The number of rotatable bonds is 12. The average Bonchev–Trinajstić information content (AvgIpc) is 2.58. The number of carbonyl (C=O) groups is 2. The first-order valence-corrected chi connectivity index (χ1v) is 10.1. The van der Waals surface area contributed by atoms with Gasteiger partial charge in [-0.15, -0.1) is 0 Å². The van der Waals surface area contributed by atoms with E-state index in [1.54, 1.807) is 38.1 Å². The molecule has 0 aliphatic carbocycles. The van der Waals surface area contributed by atoms with Crippen LogP contribution in [-0.2, 0) is 22.9 Å². The number of hydrogen-bond donors (Lipinski definition) is 2. The molecule has 0 saturated carbocycles. The van der Waals surface area contributed by atoms with Crippen LogP contribution in [0.4, 0.5) is 5.69 Å². The number of anilines is 1. The van der Waals surface area contributed by atoms with Crippen molar-refractivity contribution in [3.63, 3.8) is 0 Å². The van der Waals surface area contributed by atoms with Crippen LogP contribution in [-0.4, -0.2) is 38.2 Å². The molecular weight excluding hydrogens is 359 g/mol. The minimum Gasteiger partial charge on any atom is -0.352 e. The van der Waals surface area contributed by atoms with Crippen molar-refractivity contribution in [2.45, 2.75) is 33.6 Å². The Hall–Kier alpha value is -1.73. The Kier molecular flexibility index (Phi) is 10.1. The second-order valence-corrected chi connectivity index (χ2v) is 6.97. The lowest BCUT2D eigenvalue weighted by molar-refractivity contribution is -0.114. The van der Waals surface area contributed by atoms with E-state index in [9.17, 15) is 14.2 Å². The maximum atomic E-state index is 12.2. The molecule has 0 aliphatic rings. The van der Waals surface area contributed by atoms with Gasteiger partial charge in [-0.3, -0.25) is 23.2 Å². The minimum atomic E-state index is -3.48. The molecule has 0 aromatic heterocycles. The molecule has 0 bridgehead atoms. The number of amides is 2. The third-order valence-corrected chi connectivity index (χ3v) is 4.81. The number of phosphoric ester groups is 1. The first kappa shape index (κ1) is 22.3. The molecule has 0 heterocycles. The molecule has 146 valence electrons. The van der Waals surface area contributed by atoms with Crippen LogP contribution in [0.1, 0.15) is 44.0 Å². The zero-order chi connectivity index (χ0) is 19.4. The Morgan fingerprint density at radius 2 is 1.69 bits per heavy atom. The smallest absolute Gasteiger partial charge is 0.352 e. The van der Waals surface area contributed by atoms with E-state index in [-0.39, 0.29) is 31.6 Å². The van der Waals surface area contributed by atoms with Crippen LogP contribution < -0.4 is 10.6 Å². The van der Waals surface area contributed by atoms with Crippen molar-refractivity contribution in [2.24, 2.45) is 0 Å². The van der Waals surface area contributed by atoms with Crippen molar-refractivity contribution in [3.8, 4) is 0 Å². The van der Waals surface area contributed by atoms with Crippen molar-refractivity contribution in [1.82, 2.24) is 5.32 Å². The molecular formula is C17H27N2O6P. The van der Waals surface area contributed by atoms with E-state index in [4.69, 9.17) is 13.6 Å². The molecule has 1 aromatic carbocycles. The average molecular weight is 386 g/mol. The fourth-order valence-corrected chi connectivity index (χ4v) is 3.32. The highest BCUT2D eigenvalue weighted by Gasteiger charge is 2.24. The molecule has 0 atom stereocenters. The summed E-state index contributed by atoms with van der Waals surface area (Å²) in [6, 6.07) is 6.79. The van der Waals surface area contributed by atoms with E-state index < -0.39 is 7.82 Å². The maximum Gasteiger partial charge on any atom is 0.474 e. The van der Waals surface area contributed by atoms with E-state index in [0.29, 0.717) is 30.6 Å². The van der Waals surface area contributed by atoms with Crippen LogP contribution in [0.25, 0.3) is 0 Å². The number of unbranched alkanes of at least 4 members (excludes halogenated alkanes) is 1. The van der Waals surface area contributed by atoms with Crippen molar-refractivity contribution in [3.05, 3.63) is 29.8 Å². The Labute approximate surface area is 154 Å². The number of carbonyl (C=O) groups excluding carboxylic acids is 2. The largest absolute Gasteiger partial charge is 0.474 e. The first-order chi connectivity index (χ1) is 12.4. The topological polar surface area (TPSA) is 103 Å². The van der Waals surface area contributed by atoms with Crippen LogP contribution in [0, 0.1) is 0 Å². The second-order valence-electron chi connectivity index (χ2n) is 5.31. The summed E-state index contributed by atoms with van der Waals surface area (Å²) in [5.74, 6) is -0.514. The van der Waals surface area contributed by atoms with Crippen molar-refractivity contribution in [2.75, 3.05) is 31.7 Å². The fourth-order valence-electron chi connectivity index (χ4n) is 2.11. The van der Waals surface area contributed by atoms with Gasteiger partial charge in [-0.2, -0.15) is 0 Å². The fraction of sp³-hybridized carbons (Fsp3) is 0.529. The first-order valence-electron chi connectivity index (χ1n) is 8.60. The molecule has 0 unspecified atom stereocenters. The van der Waals surface area contributed by atoms with Gasteiger partial charge in [-0.05, 0) is 38.8 Å². The lowest BCUT2D eigenvalue weighted by atomic mass is 10.1. The molecule has 0 radical (unpaired) electrons. The van der Waals surface area contributed by atoms with Crippen molar-refractivity contribution >= 4 is 25.3 Å². The third kappa shape index (κ3) is 8.10. The zero-order valence-electron chi connectivity index (χ0n) is 15.4. The molecule has 9 heteroatoms. The zero-order valence-corrected chi connectivity index (χ0v) is 16.3. The quantitative estimate of drug-likeness (QED) is 0.422. The Balaban J connectivity index is 2.37. The van der Waals surface area contributed by atoms with E-state index >= 15 is 0 Å². The Morgan fingerprint density at radius 3 is 2.31 bits per heavy atom. The maximum absolute atomic E-state index is 12.2. The van der Waals surface area contributed by atoms with Gasteiger partial charge in [0.25, 0.3) is 5.91 Å². The Morgan fingerprint density at radius 1 is 1.04 bits per heavy atom. The van der Waals surface area contributed by atoms with Gasteiger partial charge < -0.3 is 10.6 Å². The van der Waals surface area contributed by atoms with Gasteiger partial charge in [0.2, 0.25) is 5.91 Å². The highest BCUT2D eigenvalue weighted by atomic mass is 31.2. The summed E-state index contributed by atoms with van der Waals surface area (Å²) in [4.78, 5) is 23.4. The summed E-state index contributed by atoms with van der Waals surface area (Å²) in [6.07, 6.45) is 1.21. The Bertz CT molecular complexity index is 627. The number of nitrogens with one attached hydrogen (secondary N) is 2. The summed E-state index contributed by atoms with van der Waals surface area (Å²) in [6.45, 7) is 5.91. The molecule has 0 aliphatic heterocycles. The summed E-state index contributed by atoms with van der Waals surface area (Å²) >= 11 is 0. The molecule has 0 spiro atoms. The molecule has 8 nitrogen and oxygen atoms in total. The molecule has 0 saturated heterocycles. The molecule has 26 heavy (non-hydrogen) atoms. The summed E-state index contributed by atoms with van der Waals surface area (Å²) in [5.41, 5.74) is 0.867. The monoisotopic (exact) mass is 386 g/mol. The van der Waals surface area contributed by atoms with Crippen LogP contribution in [0.5, 0.6) is 0 Å². The van der Waals surface area contributed by atoms with Crippen molar-refractivity contribution in [1.29, 1.82) is 0 Å². The van der Waals surface area contributed by atoms with Gasteiger partial charge in [0, 0.05) is 13.5 Å². The second kappa shape index (κ2) is 11.8. The van der Waals surface area contributed by atoms with E-state index in [0.717, 1.165) is 0 Å². The summed E-state index contributed by atoms with van der Waals surface area (Å²) in [7, 11) is -3.48. The number of benzene rings is 1. The molecule has 1 rings (SSSR count). The van der Waals surface area contributed by atoms with Crippen LogP contribution in [0.3, 0.4) is 0 Å². The SMILES string of the molecule is CCOP(=O)(OCC)OCCCCNC(=O)c1ccccc1NC(C)=O. The van der Waals surface area contributed by atoms with Gasteiger partial charge in [0.05, 0.1) is 31.1 Å². The standard InChI is InChI=1S/C17H27N2O6P/c1-4-23-26(22,24-5-2)25-13-9-8-12-18-17(21)15-10-6-7-11-16(15)19-14(3)20/h6-7,10-11H,4-5,8-9,12-13H2,1-3H3,(H,18,21)(H,19,20). The molecule has 2 N–H and O–H groups in total. The van der Waals surface area contributed by atoms with Crippen LogP contribution in [0.2, 0.25) is 0 Å². The number of phosphoric acid groups is 1. The minimum absolute atomic E-state index is 0.204. The van der Waals surface area contributed by atoms with Crippen LogP contribution in [0.15, 0.2) is 24.3 Å². The summed E-state index contributed by atoms with van der Waals surface area (Å²) in [5, 5.41) is 5.41. The van der Waals surface area contributed by atoms with Gasteiger partial charge >= 0.3 is 7.82 Å². The van der Waals surface area contributed by atoms with Crippen LogP contribution >= 0.6 is 7.82 Å². The highest BCUT2D eigenvalue weighted by molar-refractivity contribution is 7.48. The van der Waals surface area contributed by atoms with E-state index in [1.807, 2.05) is 0 Å². The van der Waals surface area contributed by atoms with E-state index in [2.05, 4.69) is 10.6 Å². The molecule has 1 aromatic rings. The lowest BCUT2D eigenvalue weighted by Crippen LogP contribution is -2.26. The third-order valence-electron chi connectivity index (χ3n) is 3.16. The predicted molar refractivity (Wildman–Crippen MR) is 99.1 cm³/mol. The molecule has 2 amide bonds. The molecule has 0 fully saturated rings. The lowest BCUT2D eigenvalue weighted by Gasteiger charge is -2.16. The van der Waals surface area contributed by atoms with E-state index in [1.165, 1.54) is 6.92 Å². The van der Waals surface area contributed by atoms with Crippen molar-refractivity contribution < 1.29 is 27.7 Å². The predicted octanol–water partition coefficient (Wildman–Crippen LogP) is 3.35. The van der Waals surface area contributed by atoms with Gasteiger partial charge in [-0.1, -0.05) is 12.1 Å².